The van der Waals surface area contributed by atoms with Gasteiger partial charge in [0.2, 0.25) is 10.0 Å². The quantitative estimate of drug-likeness (QED) is 0.685. The second-order valence-electron chi connectivity index (χ2n) is 4.06. The molecule has 0 amide bonds. The molecule has 0 spiro atoms. The maximum absolute atomic E-state index is 12.9. The predicted molar refractivity (Wildman–Crippen MR) is 74.4 cm³/mol. The van der Waals surface area contributed by atoms with E-state index in [1.54, 1.807) is 4.72 Å². The average Bonchev–Trinajstić information content (AvgIpc) is 2.44. The number of benzene rings is 1. The van der Waals surface area contributed by atoms with Gasteiger partial charge >= 0.3 is 0 Å². The average molecular weight is 367 g/mol. The monoisotopic (exact) mass is 366 g/mol. The zero-order valence-corrected chi connectivity index (χ0v) is 12.8. The Morgan fingerprint density at radius 3 is 2.23 bits per heavy atom. The lowest BCUT2D eigenvalue weighted by molar-refractivity contribution is 0.0170. The van der Waals surface area contributed by atoms with Gasteiger partial charge < -0.3 is 10.5 Å². The molecule has 1 aromatic carbocycles. The van der Waals surface area contributed by atoms with Gasteiger partial charge in [-0.3, -0.25) is 0 Å². The van der Waals surface area contributed by atoms with Gasteiger partial charge in [-0.1, -0.05) is 0 Å². The Morgan fingerprint density at radius 1 is 1.23 bits per heavy atom. The summed E-state index contributed by atoms with van der Waals surface area (Å²) >= 11 is 0. The van der Waals surface area contributed by atoms with E-state index in [2.05, 4.69) is 4.74 Å². The number of hydrogen-bond acceptors (Lipinski definition) is 4. The van der Waals surface area contributed by atoms with Crippen molar-refractivity contribution in [2.75, 3.05) is 19.7 Å². The molecule has 0 saturated carbocycles. The van der Waals surface area contributed by atoms with E-state index in [1.165, 1.54) is 0 Å². The molecule has 0 atom stereocenters. The lowest BCUT2D eigenvalue weighted by atomic mass is 10.3. The summed E-state index contributed by atoms with van der Waals surface area (Å²) in [4.78, 5) is -0.292. The van der Waals surface area contributed by atoms with Gasteiger partial charge in [-0.15, -0.1) is 12.4 Å². The SMILES string of the molecule is Cl.NCC(F)(F)CNS(=O)(=O)c1ccc(OCC(F)F)cc1. The van der Waals surface area contributed by atoms with Crippen LogP contribution in [0.4, 0.5) is 17.6 Å². The number of hydrogen-bond donors (Lipinski definition) is 2. The number of rotatable bonds is 8. The first-order valence-corrected chi connectivity index (χ1v) is 7.23. The van der Waals surface area contributed by atoms with Crippen molar-refractivity contribution < 1.29 is 30.7 Å². The summed E-state index contributed by atoms with van der Waals surface area (Å²) in [5.41, 5.74) is 4.79. The molecule has 128 valence electrons. The lowest BCUT2D eigenvalue weighted by Gasteiger charge is -2.15. The Hall–Kier alpha value is -1.10. The Balaban J connectivity index is 0.00000441. The smallest absolute Gasteiger partial charge is 0.273 e. The normalized spacial score (nSPS) is 12.1. The van der Waals surface area contributed by atoms with E-state index in [4.69, 9.17) is 5.73 Å². The second kappa shape index (κ2) is 8.51. The van der Waals surface area contributed by atoms with E-state index < -0.39 is 42.1 Å². The van der Waals surface area contributed by atoms with Crippen molar-refractivity contribution in [1.82, 2.24) is 4.72 Å². The first kappa shape index (κ1) is 20.9. The predicted octanol–water partition coefficient (Wildman–Crippen LogP) is 1.62. The number of nitrogens with two attached hydrogens (primary N) is 1. The van der Waals surface area contributed by atoms with Gasteiger partial charge in [0.1, 0.15) is 12.4 Å². The van der Waals surface area contributed by atoms with Gasteiger partial charge in [0, 0.05) is 0 Å². The fourth-order valence-electron chi connectivity index (χ4n) is 1.23. The van der Waals surface area contributed by atoms with Gasteiger partial charge in [0.05, 0.1) is 18.0 Å². The highest BCUT2D eigenvalue weighted by Crippen LogP contribution is 2.17. The van der Waals surface area contributed by atoms with E-state index in [-0.39, 0.29) is 23.1 Å². The third-order valence-electron chi connectivity index (χ3n) is 2.33. The molecule has 0 unspecified atom stereocenters. The zero-order valence-electron chi connectivity index (χ0n) is 11.1. The maximum Gasteiger partial charge on any atom is 0.273 e. The summed E-state index contributed by atoms with van der Waals surface area (Å²) in [5, 5.41) is 0. The van der Waals surface area contributed by atoms with Crippen LogP contribution in [0.25, 0.3) is 0 Å². The van der Waals surface area contributed by atoms with Gasteiger partial charge in [-0.05, 0) is 24.3 Å². The summed E-state index contributed by atoms with van der Waals surface area (Å²) in [6.07, 6.45) is -2.66. The fraction of sp³-hybridized carbons (Fsp3) is 0.455. The lowest BCUT2D eigenvalue weighted by Crippen LogP contribution is -2.41. The van der Waals surface area contributed by atoms with Crippen molar-refractivity contribution in [3.63, 3.8) is 0 Å². The Labute approximate surface area is 131 Å². The summed E-state index contributed by atoms with van der Waals surface area (Å²) in [7, 11) is -4.14. The standard InChI is InChI=1S/C11H14F4N2O3S.ClH/c12-10(13)5-20-8-1-3-9(4-2-8)21(18,19)17-7-11(14,15)6-16;/h1-4,10,17H,5-7,16H2;1H. The Kier molecular flexibility index (Phi) is 8.09. The van der Waals surface area contributed by atoms with Gasteiger partial charge in [-0.25, -0.2) is 30.7 Å². The van der Waals surface area contributed by atoms with Crippen LogP contribution in [0.3, 0.4) is 0 Å². The molecule has 0 bridgehead atoms. The highest BCUT2D eigenvalue weighted by molar-refractivity contribution is 7.89. The van der Waals surface area contributed by atoms with Crippen LogP contribution in [0.1, 0.15) is 0 Å². The zero-order chi connectivity index (χ0) is 16.1. The van der Waals surface area contributed by atoms with E-state index in [0.717, 1.165) is 24.3 Å². The van der Waals surface area contributed by atoms with Gasteiger partial charge in [0.15, 0.2) is 0 Å². The number of sulfonamides is 1. The van der Waals surface area contributed by atoms with Crippen LogP contribution in [0.2, 0.25) is 0 Å². The van der Waals surface area contributed by atoms with Crippen LogP contribution >= 0.6 is 12.4 Å². The van der Waals surface area contributed by atoms with Crippen LogP contribution < -0.4 is 15.2 Å². The fourth-order valence-corrected chi connectivity index (χ4v) is 2.29. The molecule has 22 heavy (non-hydrogen) atoms. The van der Waals surface area contributed by atoms with E-state index >= 15 is 0 Å². The Morgan fingerprint density at radius 2 is 1.77 bits per heavy atom. The molecule has 0 saturated heterocycles. The third kappa shape index (κ3) is 6.77. The van der Waals surface area contributed by atoms with Crippen molar-refractivity contribution in [2.24, 2.45) is 5.73 Å². The number of ether oxygens (including phenoxy) is 1. The largest absolute Gasteiger partial charge is 0.488 e. The number of halogens is 5. The van der Waals surface area contributed by atoms with Crippen molar-refractivity contribution in [2.45, 2.75) is 17.2 Å². The van der Waals surface area contributed by atoms with Gasteiger partial charge in [0.25, 0.3) is 12.3 Å². The van der Waals surface area contributed by atoms with Crippen LogP contribution in [0, 0.1) is 0 Å². The Bertz CT molecular complexity index is 555. The summed E-state index contributed by atoms with van der Waals surface area (Å²) in [6.45, 7) is -2.95. The molecule has 3 N–H and O–H groups in total. The molecule has 0 radical (unpaired) electrons. The molecule has 0 aliphatic heterocycles. The minimum Gasteiger partial charge on any atom is -0.488 e. The molecule has 0 aliphatic carbocycles. The van der Waals surface area contributed by atoms with Crippen molar-refractivity contribution in [1.29, 1.82) is 0 Å². The highest BCUT2D eigenvalue weighted by Gasteiger charge is 2.29. The molecule has 11 heteroatoms. The molecule has 1 aromatic rings. The van der Waals surface area contributed by atoms with Crippen LogP contribution in [-0.4, -0.2) is 40.5 Å². The van der Waals surface area contributed by atoms with E-state index in [9.17, 15) is 26.0 Å². The van der Waals surface area contributed by atoms with Crippen LogP contribution in [-0.2, 0) is 10.0 Å². The number of nitrogens with one attached hydrogen (secondary N) is 1. The maximum atomic E-state index is 12.9. The topological polar surface area (TPSA) is 81.4 Å². The first-order chi connectivity index (χ1) is 9.66. The van der Waals surface area contributed by atoms with Crippen LogP contribution in [0.5, 0.6) is 5.75 Å². The molecule has 0 fully saturated rings. The highest BCUT2D eigenvalue weighted by atomic mass is 35.5. The first-order valence-electron chi connectivity index (χ1n) is 5.75. The van der Waals surface area contributed by atoms with Gasteiger partial charge in [-0.2, -0.15) is 0 Å². The van der Waals surface area contributed by atoms with E-state index in [1.807, 2.05) is 0 Å². The minimum atomic E-state index is -4.14. The molecule has 1 rings (SSSR count). The summed E-state index contributed by atoms with van der Waals surface area (Å²) < 4.78 is 79.5. The third-order valence-corrected chi connectivity index (χ3v) is 3.75. The van der Waals surface area contributed by atoms with E-state index in [0.29, 0.717) is 0 Å². The molecular formula is C11H15ClF4N2O3S. The molecule has 0 heterocycles. The van der Waals surface area contributed by atoms with Crippen molar-refractivity contribution in [3.8, 4) is 5.75 Å². The molecular weight excluding hydrogens is 352 g/mol. The minimum absolute atomic E-state index is 0. The summed E-state index contributed by atoms with van der Waals surface area (Å²) in [5.74, 6) is -3.31. The van der Waals surface area contributed by atoms with Crippen molar-refractivity contribution >= 4 is 22.4 Å². The molecule has 0 aliphatic rings. The van der Waals surface area contributed by atoms with Crippen molar-refractivity contribution in [3.05, 3.63) is 24.3 Å². The summed E-state index contributed by atoms with van der Waals surface area (Å²) in [6, 6.07) is 4.42. The van der Waals surface area contributed by atoms with Crippen LogP contribution in [0.15, 0.2) is 29.2 Å². The number of alkyl halides is 4. The second-order valence-corrected chi connectivity index (χ2v) is 5.83. The molecule has 0 aromatic heterocycles. The molecule has 5 nitrogen and oxygen atoms in total.